The molecule has 0 aliphatic rings. The molecule has 0 unspecified atom stereocenters. The monoisotopic (exact) mass is 707 g/mol. The number of hydrogen-bond donors (Lipinski definition) is 0. The Hall–Kier alpha value is -6.95. The van der Waals surface area contributed by atoms with Crippen LogP contribution >= 0.6 is 11.3 Å². The quantitative estimate of drug-likeness (QED) is 0.179. The summed E-state index contributed by atoms with van der Waals surface area (Å²) in [6.07, 6.45) is 0. The van der Waals surface area contributed by atoms with Crippen LogP contribution in [0.1, 0.15) is 0 Å². The maximum Gasteiger partial charge on any atom is 0.164 e. The van der Waals surface area contributed by atoms with E-state index in [1.165, 1.54) is 42.1 Å². The number of furan rings is 1. The molecule has 0 radical (unpaired) electrons. The summed E-state index contributed by atoms with van der Waals surface area (Å²) in [5.41, 5.74) is 9.34. The third kappa shape index (κ3) is 5.01. The number of benzene rings is 8. The molecule has 4 nitrogen and oxygen atoms in total. The van der Waals surface area contributed by atoms with Crippen molar-refractivity contribution in [2.45, 2.75) is 0 Å². The van der Waals surface area contributed by atoms with Crippen molar-refractivity contribution >= 4 is 64.2 Å². The molecule has 3 heterocycles. The van der Waals surface area contributed by atoms with Crippen molar-refractivity contribution in [3.8, 4) is 56.4 Å². The molecule has 11 rings (SSSR count). The number of thiophene rings is 1. The van der Waals surface area contributed by atoms with Gasteiger partial charge in [0.1, 0.15) is 11.2 Å². The Morgan fingerprint density at radius 1 is 0.352 bits per heavy atom. The Kier molecular flexibility index (Phi) is 7.00. The fraction of sp³-hybridized carbons (Fsp3) is 0. The number of fused-ring (bicyclic) bond motifs is 8. The van der Waals surface area contributed by atoms with E-state index < -0.39 is 0 Å². The van der Waals surface area contributed by atoms with E-state index in [0.717, 1.165) is 49.8 Å². The number of nitrogens with zero attached hydrogens (tertiary/aromatic N) is 3. The summed E-state index contributed by atoms with van der Waals surface area (Å²) in [6, 6.07) is 61.5. The minimum atomic E-state index is 0.644. The van der Waals surface area contributed by atoms with Gasteiger partial charge in [0.25, 0.3) is 0 Å². The standard InChI is InChI=1S/C49H29N3OS/c1-3-12-31(13-4-1)47-50-48(32-14-5-2-6-15-32)52-49(51-47)33-24-22-30(23-25-33)35-19-11-21-44-45(35)41-29-40(36-16-7-8-18-39(36)46(41)54-44)34-26-27-38-37-17-9-10-20-42(37)53-43(38)28-34/h1-29H. The van der Waals surface area contributed by atoms with Gasteiger partial charge in [-0.05, 0) is 58.0 Å². The molecule has 0 atom stereocenters. The SMILES string of the molecule is c1ccc(-c2nc(-c3ccccc3)nc(-c3ccc(-c4cccc5sc6c7ccccc7c(-c7ccc8c(c7)oc7ccccc78)cc6c45)cc3)n2)cc1. The lowest BCUT2D eigenvalue weighted by Crippen LogP contribution is -2.00. The van der Waals surface area contributed by atoms with Gasteiger partial charge < -0.3 is 4.42 Å². The van der Waals surface area contributed by atoms with E-state index in [1.807, 2.05) is 84.1 Å². The van der Waals surface area contributed by atoms with Crippen molar-refractivity contribution in [1.82, 2.24) is 15.0 Å². The molecule has 11 aromatic rings. The van der Waals surface area contributed by atoms with Gasteiger partial charge in [-0.3, -0.25) is 0 Å². The second-order valence-electron chi connectivity index (χ2n) is 13.6. The summed E-state index contributed by atoms with van der Waals surface area (Å²) in [5.74, 6) is 1.95. The van der Waals surface area contributed by atoms with Crippen LogP contribution in [0.15, 0.2) is 180 Å². The zero-order valence-electron chi connectivity index (χ0n) is 28.9. The molecule has 8 aromatic carbocycles. The number of para-hydroxylation sites is 1. The number of aromatic nitrogens is 3. The maximum atomic E-state index is 6.34. The first-order valence-electron chi connectivity index (χ1n) is 18.0. The van der Waals surface area contributed by atoms with Crippen LogP contribution in [0.3, 0.4) is 0 Å². The van der Waals surface area contributed by atoms with Gasteiger partial charge >= 0.3 is 0 Å². The summed E-state index contributed by atoms with van der Waals surface area (Å²) in [7, 11) is 0. The minimum Gasteiger partial charge on any atom is -0.456 e. The molecule has 5 heteroatoms. The van der Waals surface area contributed by atoms with E-state index in [1.54, 1.807) is 0 Å². The molecule has 54 heavy (non-hydrogen) atoms. The highest BCUT2D eigenvalue weighted by molar-refractivity contribution is 7.26. The lowest BCUT2D eigenvalue weighted by molar-refractivity contribution is 0.669. The summed E-state index contributed by atoms with van der Waals surface area (Å²) < 4.78 is 8.90. The van der Waals surface area contributed by atoms with Gasteiger partial charge in [-0.15, -0.1) is 11.3 Å². The predicted octanol–water partition coefficient (Wildman–Crippen LogP) is 13.6. The zero-order chi connectivity index (χ0) is 35.6. The summed E-state index contributed by atoms with van der Waals surface area (Å²) in [5, 5.41) is 7.29. The van der Waals surface area contributed by atoms with E-state index in [2.05, 4.69) is 103 Å². The predicted molar refractivity (Wildman–Crippen MR) is 225 cm³/mol. The molecule has 0 aliphatic heterocycles. The van der Waals surface area contributed by atoms with Crippen LogP contribution in [-0.2, 0) is 0 Å². The summed E-state index contributed by atoms with van der Waals surface area (Å²) >= 11 is 1.86. The van der Waals surface area contributed by atoms with Gasteiger partial charge in [0.2, 0.25) is 0 Å². The molecule has 0 N–H and O–H groups in total. The van der Waals surface area contributed by atoms with Crippen LogP contribution < -0.4 is 0 Å². The van der Waals surface area contributed by atoms with Gasteiger partial charge in [0, 0.05) is 53.0 Å². The third-order valence-corrected chi connectivity index (χ3v) is 11.6. The normalized spacial score (nSPS) is 11.7. The molecule has 0 fully saturated rings. The van der Waals surface area contributed by atoms with Gasteiger partial charge in [0.05, 0.1) is 0 Å². The molecular weight excluding hydrogens is 679 g/mol. The lowest BCUT2D eigenvalue weighted by atomic mass is 9.93. The summed E-state index contributed by atoms with van der Waals surface area (Å²) in [4.78, 5) is 14.8. The molecule has 0 spiro atoms. The second-order valence-corrected chi connectivity index (χ2v) is 14.6. The van der Waals surface area contributed by atoms with Crippen LogP contribution in [0.25, 0.3) is 109 Å². The van der Waals surface area contributed by atoms with Crippen molar-refractivity contribution in [2.75, 3.05) is 0 Å². The average Bonchev–Trinajstić information content (AvgIpc) is 3.82. The number of hydrogen-bond acceptors (Lipinski definition) is 5. The van der Waals surface area contributed by atoms with Gasteiger partial charge in [0.15, 0.2) is 17.5 Å². The van der Waals surface area contributed by atoms with Gasteiger partial charge in [-0.2, -0.15) is 0 Å². The van der Waals surface area contributed by atoms with Crippen LogP contribution in [0.2, 0.25) is 0 Å². The van der Waals surface area contributed by atoms with Crippen molar-refractivity contribution < 1.29 is 4.42 Å². The highest BCUT2D eigenvalue weighted by atomic mass is 32.1. The van der Waals surface area contributed by atoms with Crippen LogP contribution in [0, 0.1) is 0 Å². The maximum absolute atomic E-state index is 6.34. The Bertz CT molecular complexity index is 3140. The summed E-state index contributed by atoms with van der Waals surface area (Å²) in [6.45, 7) is 0. The smallest absolute Gasteiger partial charge is 0.164 e. The fourth-order valence-corrected chi connectivity index (χ4v) is 9.01. The Balaban J connectivity index is 1.06. The van der Waals surface area contributed by atoms with E-state index in [0.29, 0.717) is 17.5 Å². The first-order chi connectivity index (χ1) is 26.7. The van der Waals surface area contributed by atoms with Crippen LogP contribution in [0.4, 0.5) is 0 Å². The van der Waals surface area contributed by atoms with Crippen LogP contribution in [-0.4, -0.2) is 15.0 Å². The molecule has 3 aromatic heterocycles. The average molecular weight is 708 g/mol. The van der Waals surface area contributed by atoms with E-state index in [-0.39, 0.29) is 0 Å². The van der Waals surface area contributed by atoms with Crippen molar-refractivity contribution in [2.24, 2.45) is 0 Å². The Labute approximate surface area is 314 Å². The Morgan fingerprint density at radius 2 is 0.907 bits per heavy atom. The highest BCUT2D eigenvalue weighted by Crippen LogP contribution is 2.46. The fourth-order valence-electron chi connectivity index (χ4n) is 7.76. The minimum absolute atomic E-state index is 0.644. The molecule has 0 aliphatic carbocycles. The second kappa shape index (κ2) is 12.3. The van der Waals surface area contributed by atoms with Crippen LogP contribution in [0.5, 0.6) is 0 Å². The molecule has 0 bridgehead atoms. The Morgan fingerprint density at radius 3 is 1.61 bits per heavy atom. The highest BCUT2D eigenvalue weighted by Gasteiger charge is 2.18. The number of rotatable bonds is 5. The largest absolute Gasteiger partial charge is 0.456 e. The topological polar surface area (TPSA) is 51.8 Å². The van der Waals surface area contributed by atoms with E-state index >= 15 is 0 Å². The molecular formula is C49H29N3OS. The van der Waals surface area contributed by atoms with Crippen molar-refractivity contribution in [3.05, 3.63) is 176 Å². The van der Waals surface area contributed by atoms with E-state index in [9.17, 15) is 0 Å². The van der Waals surface area contributed by atoms with Gasteiger partial charge in [-0.25, -0.2) is 15.0 Å². The molecule has 252 valence electrons. The van der Waals surface area contributed by atoms with Gasteiger partial charge in [-0.1, -0.05) is 146 Å². The first kappa shape index (κ1) is 30.7. The molecule has 0 amide bonds. The third-order valence-electron chi connectivity index (χ3n) is 10.3. The van der Waals surface area contributed by atoms with Crippen molar-refractivity contribution in [3.63, 3.8) is 0 Å². The molecule has 0 saturated carbocycles. The lowest BCUT2D eigenvalue weighted by Gasteiger charge is -2.11. The van der Waals surface area contributed by atoms with Crippen molar-refractivity contribution in [1.29, 1.82) is 0 Å². The zero-order valence-corrected chi connectivity index (χ0v) is 29.7. The first-order valence-corrected chi connectivity index (χ1v) is 18.8. The molecule has 0 saturated heterocycles. The van der Waals surface area contributed by atoms with E-state index in [4.69, 9.17) is 19.4 Å².